The molecule has 3 aromatic rings. The van der Waals surface area contributed by atoms with Crippen LogP contribution < -0.4 is 0 Å². The van der Waals surface area contributed by atoms with Crippen molar-refractivity contribution < 1.29 is 29.4 Å². The van der Waals surface area contributed by atoms with Crippen LogP contribution in [0.4, 0.5) is 0 Å². The molecule has 0 aliphatic heterocycles. The maximum Gasteiger partial charge on any atom is 0.323 e. The first kappa shape index (κ1) is 17.1. The van der Waals surface area contributed by atoms with E-state index >= 15 is 0 Å². The Bertz CT molecular complexity index is 659. The smallest absolute Gasteiger partial charge is 0.323 e. The van der Waals surface area contributed by atoms with Crippen LogP contribution in [0.5, 0.6) is 0 Å². The zero-order valence-corrected chi connectivity index (χ0v) is 15.7. The Morgan fingerprint density at radius 3 is 1.09 bits per heavy atom. The SMILES string of the molecule is O=C(O)C(c1ccccc1)(c1ccccc1)c1ccccc1.[Zn]. The van der Waals surface area contributed by atoms with Crippen molar-refractivity contribution in [2.75, 3.05) is 0 Å². The van der Waals surface area contributed by atoms with Gasteiger partial charge in [0, 0.05) is 19.5 Å². The number of hydrogen-bond donors (Lipinski definition) is 1. The van der Waals surface area contributed by atoms with E-state index in [1.54, 1.807) is 0 Å². The Morgan fingerprint density at radius 2 is 0.870 bits per heavy atom. The standard InChI is InChI=1S/C20H16O2.Zn/c21-19(22)20(16-10-4-1-5-11-16,17-12-6-2-7-13-17)18-14-8-3-9-15-18;/h1-15H,(H,21,22);. The van der Waals surface area contributed by atoms with Gasteiger partial charge in [0.25, 0.3) is 0 Å². The molecular formula is C20H16O2Zn. The normalized spacial score (nSPS) is 10.6. The first-order chi connectivity index (χ1) is 10.8. The number of hydrogen-bond acceptors (Lipinski definition) is 1. The molecule has 3 heteroatoms. The summed E-state index contributed by atoms with van der Waals surface area (Å²) in [7, 11) is 0. The van der Waals surface area contributed by atoms with Crippen molar-refractivity contribution >= 4 is 5.97 Å². The largest absolute Gasteiger partial charge is 0.480 e. The Labute approximate surface area is 148 Å². The maximum atomic E-state index is 12.4. The monoisotopic (exact) mass is 352 g/mol. The molecule has 3 rings (SSSR count). The molecule has 0 atom stereocenters. The van der Waals surface area contributed by atoms with Gasteiger partial charge >= 0.3 is 5.97 Å². The zero-order chi connectivity index (χ0) is 15.4. The van der Waals surface area contributed by atoms with Crippen LogP contribution in [0.25, 0.3) is 0 Å². The van der Waals surface area contributed by atoms with Gasteiger partial charge in [-0.2, -0.15) is 0 Å². The Morgan fingerprint density at radius 1 is 0.609 bits per heavy atom. The van der Waals surface area contributed by atoms with Crippen LogP contribution in [0.15, 0.2) is 91.0 Å². The molecule has 0 bridgehead atoms. The molecule has 0 fully saturated rings. The molecule has 0 aliphatic rings. The zero-order valence-electron chi connectivity index (χ0n) is 12.7. The fourth-order valence-corrected chi connectivity index (χ4v) is 2.93. The van der Waals surface area contributed by atoms with Crippen molar-refractivity contribution in [3.63, 3.8) is 0 Å². The summed E-state index contributed by atoms with van der Waals surface area (Å²) in [5, 5.41) is 10.2. The Kier molecular flexibility index (Phi) is 5.47. The summed E-state index contributed by atoms with van der Waals surface area (Å²) in [6, 6.07) is 28.1. The third kappa shape index (κ3) is 2.97. The van der Waals surface area contributed by atoms with Crippen LogP contribution in [0.2, 0.25) is 0 Å². The van der Waals surface area contributed by atoms with Gasteiger partial charge in [0.05, 0.1) is 0 Å². The van der Waals surface area contributed by atoms with Gasteiger partial charge in [0.2, 0.25) is 0 Å². The van der Waals surface area contributed by atoms with Crippen molar-refractivity contribution in [2.24, 2.45) is 0 Å². The van der Waals surface area contributed by atoms with E-state index in [0.29, 0.717) is 0 Å². The molecule has 0 aromatic heterocycles. The maximum absolute atomic E-state index is 12.4. The molecule has 1 N–H and O–H groups in total. The minimum Gasteiger partial charge on any atom is -0.480 e. The van der Waals surface area contributed by atoms with Crippen molar-refractivity contribution in [3.05, 3.63) is 108 Å². The van der Waals surface area contributed by atoms with Gasteiger partial charge in [-0.25, -0.2) is 0 Å². The molecule has 0 unspecified atom stereocenters. The number of rotatable bonds is 4. The van der Waals surface area contributed by atoms with Crippen LogP contribution >= 0.6 is 0 Å². The second-order valence-electron chi connectivity index (χ2n) is 5.15. The van der Waals surface area contributed by atoms with Crippen molar-refractivity contribution in [3.8, 4) is 0 Å². The molecule has 3 aromatic carbocycles. The molecule has 0 aliphatic carbocycles. The predicted molar refractivity (Wildman–Crippen MR) is 86.8 cm³/mol. The van der Waals surface area contributed by atoms with E-state index in [2.05, 4.69) is 0 Å². The topological polar surface area (TPSA) is 37.3 Å². The van der Waals surface area contributed by atoms with Gasteiger partial charge < -0.3 is 5.11 Å². The molecule has 0 amide bonds. The first-order valence-corrected chi connectivity index (χ1v) is 7.16. The van der Waals surface area contributed by atoms with Gasteiger partial charge in [0.15, 0.2) is 0 Å². The average Bonchev–Trinajstić information content (AvgIpc) is 2.58. The Balaban J connectivity index is 0.00000192. The van der Waals surface area contributed by atoms with E-state index in [0.717, 1.165) is 16.7 Å². The molecule has 23 heavy (non-hydrogen) atoms. The number of carbonyl (C=O) groups is 1. The molecular weight excluding hydrogens is 338 g/mol. The van der Waals surface area contributed by atoms with Gasteiger partial charge in [-0.15, -0.1) is 0 Å². The summed E-state index contributed by atoms with van der Waals surface area (Å²) < 4.78 is 0. The molecule has 0 spiro atoms. The first-order valence-electron chi connectivity index (χ1n) is 7.16. The van der Waals surface area contributed by atoms with E-state index < -0.39 is 11.4 Å². The molecule has 0 saturated carbocycles. The minimum atomic E-state index is -1.20. The van der Waals surface area contributed by atoms with Crippen LogP contribution in [-0.4, -0.2) is 11.1 Å². The number of carboxylic acids is 1. The average molecular weight is 354 g/mol. The molecule has 2 nitrogen and oxygen atoms in total. The van der Waals surface area contributed by atoms with Crippen LogP contribution in [0, 0.1) is 0 Å². The second-order valence-corrected chi connectivity index (χ2v) is 5.15. The van der Waals surface area contributed by atoms with Crippen molar-refractivity contribution in [1.82, 2.24) is 0 Å². The third-order valence-electron chi connectivity index (χ3n) is 3.94. The predicted octanol–water partition coefficient (Wildman–Crippen LogP) is 4.10. The van der Waals surface area contributed by atoms with E-state index in [4.69, 9.17) is 0 Å². The summed E-state index contributed by atoms with van der Waals surface area (Å²) in [6.07, 6.45) is 0. The van der Waals surface area contributed by atoms with Crippen molar-refractivity contribution in [2.45, 2.75) is 5.41 Å². The van der Waals surface area contributed by atoms with E-state index in [-0.39, 0.29) is 19.5 Å². The summed E-state index contributed by atoms with van der Waals surface area (Å²) in [6.45, 7) is 0. The summed E-state index contributed by atoms with van der Waals surface area (Å²) in [4.78, 5) is 12.4. The Hall–Kier alpha value is -2.25. The third-order valence-corrected chi connectivity index (χ3v) is 3.94. The summed E-state index contributed by atoms with van der Waals surface area (Å²) in [5.74, 6) is -0.879. The fraction of sp³-hybridized carbons (Fsp3) is 0.0500. The molecule has 0 radical (unpaired) electrons. The van der Waals surface area contributed by atoms with Crippen LogP contribution in [0.3, 0.4) is 0 Å². The van der Waals surface area contributed by atoms with Crippen LogP contribution in [0.1, 0.15) is 16.7 Å². The van der Waals surface area contributed by atoms with Crippen molar-refractivity contribution in [1.29, 1.82) is 0 Å². The molecule has 0 heterocycles. The number of benzene rings is 3. The number of aliphatic carboxylic acids is 1. The van der Waals surface area contributed by atoms with Gasteiger partial charge in [-0.1, -0.05) is 91.0 Å². The molecule has 0 saturated heterocycles. The van der Waals surface area contributed by atoms with E-state index in [9.17, 15) is 9.90 Å². The van der Waals surface area contributed by atoms with Crippen LogP contribution in [-0.2, 0) is 29.7 Å². The van der Waals surface area contributed by atoms with Gasteiger partial charge in [0.1, 0.15) is 5.41 Å². The summed E-state index contributed by atoms with van der Waals surface area (Å²) >= 11 is 0. The number of carboxylic acid groups (broad SMARTS) is 1. The van der Waals surface area contributed by atoms with E-state index in [1.165, 1.54) is 0 Å². The fourth-order valence-electron chi connectivity index (χ4n) is 2.93. The van der Waals surface area contributed by atoms with Gasteiger partial charge in [-0.05, 0) is 16.7 Å². The summed E-state index contributed by atoms with van der Waals surface area (Å²) in [5.41, 5.74) is 1.05. The quantitative estimate of drug-likeness (QED) is 0.566. The van der Waals surface area contributed by atoms with E-state index in [1.807, 2.05) is 91.0 Å². The molecule has 110 valence electrons. The second kappa shape index (κ2) is 7.35. The minimum absolute atomic E-state index is 0. The van der Waals surface area contributed by atoms with Gasteiger partial charge in [-0.3, -0.25) is 4.79 Å².